The SMILES string of the molecule is Cc1ccc2c(c1)OCC(=O)N2CC(=O)N1CCCc2ccccc21. The van der Waals surface area contributed by atoms with Gasteiger partial charge in [0, 0.05) is 12.2 Å². The highest BCUT2D eigenvalue weighted by molar-refractivity contribution is 6.06. The van der Waals surface area contributed by atoms with Gasteiger partial charge in [-0.1, -0.05) is 24.3 Å². The molecule has 2 amide bonds. The number of benzene rings is 2. The highest BCUT2D eigenvalue weighted by Crippen LogP contribution is 2.33. The van der Waals surface area contributed by atoms with E-state index in [2.05, 4.69) is 6.07 Å². The van der Waals surface area contributed by atoms with E-state index >= 15 is 0 Å². The van der Waals surface area contributed by atoms with Crippen molar-refractivity contribution in [3.63, 3.8) is 0 Å². The van der Waals surface area contributed by atoms with Crippen LogP contribution in [0, 0.1) is 6.92 Å². The molecule has 2 aromatic carbocycles. The van der Waals surface area contributed by atoms with Crippen LogP contribution in [0.2, 0.25) is 0 Å². The van der Waals surface area contributed by atoms with Crippen LogP contribution >= 0.6 is 0 Å². The molecule has 0 saturated carbocycles. The summed E-state index contributed by atoms with van der Waals surface area (Å²) in [6.45, 7) is 2.67. The molecule has 2 aliphatic rings. The van der Waals surface area contributed by atoms with E-state index in [1.54, 1.807) is 4.90 Å². The van der Waals surface area contributed by atoms with Gasteiger partial charge in [0.15, 0.2) is 6.61 Å². The van der Waals surface area contributed by atoms with Crippen LogP contribution in [-0.2, 0) is 16.0 Å². The smallest absolute Gasteiger partial charge is 0.265 e. The second-order valence-electron chi connectivity index (χ2n) is 6.52. The molecule has 128 valence electrons. The van der Waals surface area contributed by atoms with E-state index in [-0.39, 0.29) is 25.0 Å². The van der Waals surface area contributed by atoms with E-state index in [0.29, 0.717) is 18.0 Å². The van der Waals surface area contributed by atoms with Gasteiger partial charge in [-0.2, -0.15) is 0 Å². The largest absolute Gasteiger partial charge is 0.482 e. The molecule has 5 heteroatoms. The summed E-state index contributed by atoms with van der Waals surface area (Å²) in [5, 5.41) is 0. The van der Waals surface area contributed by atoms with Gasteiger partial charge in [0.1, 0.15) is 12.3 Å². The monoisotopic (exact) mass is 336 g/mol. The van der Waals surface area contributed by atoms with Crippen LogP contribution in [0.3, 0.4) is 0 Å². The number of amides is 2. The van der Waals surface area contributed by atoms with Crippen LogP contribution in [-0.4, -0.2) is 31.5 Å². The lowest BCUT2D eigenvalue weighted by molar-refractivity contribution is -0.124. The van der Waals surface area contributed by atoms with Crippen molar-refractivity contribution in [1.29, 1.82) is 0 Å². The van der Waals surface area contributed by atoms with Crippen molar-refractivity contribution < 1.29 is 14.3 Å². The quantitative estimate of drug-likeness (QED) is 0.847. The number of rotatable bonds is 2. The number of para-hydroxylation sites is 1. The standard InChI is InChI=1S/C20H20N2O3/c1-14-8-9-17-18(11-14)25-13-20(24)22(17)12-19(23)21-10-4-6-15-5-2-3-7-16(15)21/h2-3,5,7-9,11H,4,6,10,12-13H2,1H3. The molecule has 0 N–H and O–H groups in total. The molecule has 0 fully saturated rings. The zero-order chi connectivity index (χ0) is 17.4. The zero-order valence-corrected chi connectivity index (χ0v) is 14.2. The van der Waals surface area contributed by atoms with Crippen molar-refractivity contribution in [3.8, 4) is 5.75 Å². The number of hydrogen-bond acceptors (Lipinski definition) is 3. The Labute approximate surface area is 146 Å². The van der Waals surface area contributed by atoms with Crippen LogP contribution in [0.25, 0.3) is 0 Å². The van der Waals surface area contributed by atoms with Gasteiger partial charge in [-0.25, -0.2) is 0 Å². The molecule has 0 unspecified atom stereocenters. The second-order valence-corrected chi connectivity index (χ2v) is 6.52. The fourth-order valence-corrected chi connectivity index (χ4v) is 3.50. The van der Waals surface area contributed by atoms with Crippen LogP contribution in [0.1, 0.15) is 17.5 Å². The highest BCUT2D eigenvalue weighted by atomic mass is 16.5. The topological polar surface area (TPSA) is 49.9 Å². The Morgan fingerprint density at radius 3 is 2.88 bits per heavy atom. The van der Waals surface area contributed by atoms with E-state index < -0.39 is 0 Å². The van der Waals surface area contributed by atoms with Gasteiger partial charge >= 0.3 is 0 Å². The summed E-state index contributed by atoms with van der Waals surface area (Å²) in [5.41, 5.74) is 3.87. The Morgan fingerprint density at radius 1 is 1.16 bits per heavy atom. The molecule has 5 nitrogen and oxygen atoms in total. The van der Waals surface area contributed by atoms with Crippen LogP contribution in [0.4, 0.5) is 11.4 Å². The number of anilines is 2. The molecule has 4 rings (SSSR count). The number of aryl methyl sites for hydroxylation is 2. The maximum absolute atomic E-state index is 12.9. The van der Waals surface area contributed by atoms with Gasteiger partial charge < -0.3 is 9.64 Å². The third-order valence-electron chi connectivity index (χ3n) is 4.76. The lowest BCUT2D eigenvalue weighted by atomic mass is 10.0. The first kappa shape index (κ1) is 15.7. The number of hydrogen-bond donors (Lipinski definition) is 0. The summed E-state index contributed by atoms with van der Waals surface area (Å²) in [5.74, 6) is 0.412. The van der Waals surface area contributed by atoms with Crippen molar-refractivity contribution >= 4 is 23.2 Å². The van der Waals surface area contributed by atoms with Crippen molar-refractivity contribution in [1.82, 2.24) is 0 Å². The number of carbonyl (C=O) groups is 2. The number of nitrogens with zero attached hydrogens (tertiary/aromatic N) is 2. The normalized spacial score (nSPS) is 16.1. The Balaban J connectivity index is 1.61. The van der Waals surface area contributed by atoms with Gasteiger partial charge in [-0.05, 0) is 49.1 Å². The minimum atomic E-state index is -0.185. The van der Waals surface area contributed by atoms with E-state index in [1.165, 1.54) is 10.5 Å². The molecular formula is C20H20N2O3. The molecule has 2 aliphatic heterocycles. The Hall–Kier alpha value is -2.82. The zero-order valence-electron chi connectivity index (χ0n) is 14.2. The Kier molecular flexibility index (Phi) is 3.92. The van der Waals surface area contributed by atoms with Gasteiger partial charge in [-0.3, -0.25) is 14.5 Å². The summed E-state index contributed by atoms with van der Waals surface area (Å²) < 4.78 is 5.51. The van der Waals surface area contributed by atoms with E-state index in [9.17, 15) is 9.59 Å². The first-order valence-electron chi connectivity index (χ1n) is 8.55. The minimum absolute atomic E-state index is 0.0275. The second kappa shape index (κ2) is 6.24. The average Bonchev–Trinajstić information content (AvgIpc) is 2.63. The summed E-state index contributed by atoms with van der Waals surface area (Å²) in [6, 6.07) is 13.7. The molecule has 0 aliphatic carbocycles. The maximum atomic E-state index is 12.9. The van der Waals surface area contributed by atoms with Crippen LogP contribution in [0.15, 0.2) is 42.5 Å². The fourth-order valence-electron chi connectivity index (χ4n) is 3.50. The number of carbonyl (C=O) groups excluding carboxylic acids is 2. The van der Waals surface area contributed by atoms with Crippen molar-refractivity contribution in [2.24, 2.45) is 0 Å². The lowest BCUT2D eigenvalue weighted by Gasteiger charge is -2.33. The first-order chi connectivity index (χ1) is 12.1. The molecule has 2 aromatic rings. The van der Waals surface area contributed by atoms with Crippen molar-refractivity contribution in [2.45, 2.75) is 19.8 Å². The predicted molar refractivity (Wildman–Crippen MR) is 96.1 cm³/mol. The van der Waals surface area contributed by atoms with Crippen LogP contribution < -0.4 is 14.5 Å². The lowest BCUT2D eigenvalue weighted by Crippen LogP contribution is -2.47. The first-order valence-corrected chi connectivity index (χ1v) is 8.55. The molecule has 0 aromatic heterocycles. The van der Waals surface area contributed by atoms with E-state index in [1.807, 2.05) is 43.3 Å². The molecule has 0 spiro atoms. The predicted octanol–water partition coefficient (Wildman–Crippen LogP) is 2.70. The van der Waals surface area contributed by atoms with Crippen molar-refractivity contribution in [2.75, 3.05) is 29.5 Å². The molecule has 0 atom stereocenters. The minimum Gasteiger partial charge on any atom is -0.482 e. The van der Waals surface area contributed by atoms with E-state index in [4.69, 9.17) is 4.74 Å². The molecule has 0 radical (unpaired) electrons. The van der Waals surface area contributed by atoms with Gasteiger partial charge in [-0.15, -0.1) is 0 Å². The highest BCUT2D eigenvalue weighted by Gasteiger charge is 2.30. The third kappa shape index (κ3) is 2.86. The number of fused-ring (bicyclic) bond motifs is 2. The summed E-state index contributed by atoms with van der Waals surface area (Å²) in [4.78, 5) is 28.6. The van der Waals surface area contributed by atoms with Crippen LogP contribution in [0.5, 0.6) is 5.75 Å². The summed E-state index contributed by atoms with van der Waals surface area (Å²) in [7, 11) is 0. The summed E-state index contributed by atoms with van der Waals surface area (Å²) in [6.07, 6.45) is 1.92. The maximum Gasteiger partial charge on any atom is 0.265 e. The fraction of sp³-hybridized carbons (Fsp3) is 0.300. The molecule has 0 saturated heterocycles. The van der Waals surface area contributed by atoms with Gasteiger partial charge in [0.05, 0.1) is 5.69 Å². The average molecular weight is 336 g/mol. The van der Waals surface area contributed by atoms with Gasteiger partial charge in [0.2, 0.25) is 5.91 Å². The third-order valence-corrected chi connectivity index (χ3v) is 4.76. The Bertz CT molecular complexity index is 847. The van der Waals surface area contributed by atoms with Gasteiger partial charge in [0.25, 0.3) is 5.91 Å². The molecule has 25 heavy (non-hydrogen) atoms. The summed E-state index contributed by atoms with van der Waals surface area (Å²) >= 11 is 0. The molecular weight excluding hydrogens is 316 g/mol. The molecule has 0 bridgehead atoms. The Morgan fingerprint density at radius 2 is 2.00 bits per heavy atom. The number of ether oxygens (including phenoxy) is 1. The van der Waals surface area contributed by atoms with E-state index in [0.717, 1.165) is 24.1 Å². The van der Waals surface area contributed by atoms with Crippen molar-refractivity contribution in [3.05, 3.63) is 53.6 Å². The molecule has 2 heterocycles.